The molecule has 0 saturated carbocycles. The molecule has 0 aliphatic carbocycles. The number of fused-ring (bicyclic) bond motifs is 1. The van der Waals surface area contributed by atoms with Crippen molar-refractivity contribution in [2.24, 2.45) is 17.6 Å². The van der Waals surface area contributed by atoms with Gasteiger partial charge in [-0.2, -0.15) is 0 Å². The maximum absolute atomic E-state index is 13.4. The van der Waals surface area contributed by atoms with Crippen LogP contribution in [0, 0.1) is 11.8 Å². The van der Waals surface area contributed by atoms with Gasteiger partial charge in [0.2, 0.25) is 0 Å². The zero-order valence-electron chi connectivity index (χ0n) is 19.8. The van der Waals surface area contributed by atoms with Crippen LogP contribution in [0.4, 0.5) is 5.82 Å². The summed E-state index contributed by atoms with van der Waals surface area (Å²) in [6.45, 7) is 3.53. The molecule has 3 aromatic heterocycles. The lowest BCUT2D eigenvalue weighted by molar-refractivity contribution is -0.139. The SMILES string of the molecule is CC(C[C@@H]1CCN(c2ccc(-n3cnc4ccc(-c5ccc(Cl)cc5)n4c3=O)cn2)C1)C(N)C(=O)O. The Kier molecular flexibility index (Phi) is 6.51. The molecule has 3 atom stereocenters. The summed E-state index contributed by atoms with van der Waals surface area (Å²) < 4.78 is 3.05. The lowest BCUT2D eigenvalue weighted by atomic mass is 9.90. The van der Waals surface area contributed by atoms with E-state index < -0.39 is 12.0 Å². The van der Waals surface area contributed by atoms with Crippen molar-refractivity contribution in [3.05, 3.63) is 76.6 Å². The number of nitrogens with two attached hydrogens (primary N) is 1. The molecule has 10 heteroatoms. The van der Waals surface area contributed by atoms with Crippen LogP contribution in [0.15, 0.2) is 65.8 Å². The second-order valence-corrected chi connectivity index (χ2v) is 9.80. The van der Waals surface area contributed by atoms with E-state index in [0.29, 0.717) is 22.3 Å². The summed E-state index contributed by atoms with van der Waals surface area (Å²) in [6, 6.07) is 13.9. The number of anilines is 1. The average Bonchev–Trinajstić information content (AvgIpc) is 3.52. The van der Waals surface area contributed by atoms with Crippen LogP contribution in [0.1, 0.15) is 19.8 Å². The van der Waals surface area contributed by atoms with Crippen molar-refractivity contribution in [1.29, 1.82) is 0 Å². The van der Waals surface area contributed by atoms with Crippen molar-refractivity contribution < 1.29 is 9.90 Å². The minimum atomic E-state index is -0.960. The van der Waals surface area contributed by atoms with Crippen LogP contribution in [0.3, 0.4) is 0 Å². The van der Waals surface area contributed by atoms with Gasteiger partial charge in [-0.15, -0.1) is 0 Å². The monoisotopic (exact) mass is 506 g/mol. The lowest BCUT2D eigenvalue weighted by Crippen LogP contribution is -2.37. The van der Waals surface area contributed by atoms with E-state index in [1.165, 1.54) is 10.9 Å². The van der Waals surface area contributed by atoms with Crippen molar-refractivity contribution in [3.8, 4) is 16.9 Å². The number of carboxylic acids is 1. The van der Waals surface area contributed by atoms with E-state index in [1.807, 2.05) is 43.3 Å². The summed E-state index contributed by atoms with van der Waals surface area (Å²) in [5, 5.41) is 9.77. The Bertz CT molecular complexity index is 1450. The molecule has 1 saturated heterocycles. The number of aliphatic carboxylic acids is 1. The van der Waals surface area contributed by atoms with E-state index in [0.717, 1.165) is 43.0 Å². The fraction of sp³-hybridized carbons (Fsp3) is 0.308. The van der Waals surface area contributed by atoms with Crippen LogP contribution >= 0.6 is 11.6 Å². The first-order valence-electron chi connectivity index (χ1n) is 11.9. The molecular weight excluding hydrogens is 480 g/mol. The Morgan fingerprint density at radius 1 is 1.17 bits per heavy atom. The highest BCUT2D eigenvalue weighted by Crippen LogP contribution is 2.28. The largest absolute Gasteiger partial charge is 0.480 e. The molecule has 0 bridgehead atoms. The molecule has 0 radical (unpaired) electrons. The molecule has 1 fully saturated rings. The number of aromatic nitrogens is 4. The number of halogens is 1. The van der Waals surface area contributed by atoms with Crippen LogP contribution in [0.2, 0.25) is 5.02 Å². The molecule has 1 aliphatic rings. The number of hydrogen-bond donors (Lipinski definition) is 2. The highest BCUT2D eigenvalue weighted by molar-refractivity contribution is 6.30. The van der Waals surface area contributed by atoms with Gasteiger partial charge in [0, 0.05) is 18.1 Å². The second kappa shape index (κ2) is 9.75. The van der Waals surface area contributed by atoms with Gasteiger partial charge >= 0.3 is 11.7 Å². The number of nitrogens with zero attached hydrogens (tertiary/aromatic N) is 5. The number of carbonyl (C=O) groups is 1. The molecule has 36 heavy (non-hydrogen) atoms. The zero-order chi connectivity index (χ0) is 25.4. The molecule has 0 amide bonds. The Morgan fingerprint density at radius 3 is 2.64 bits per heavy atom. The van der Waals surface area contributed by atoms with Crippen molar-refractivity contribution >= 4 is 29.0 Å². The average molecular weight is 507 g/mol. The maximum atomic E-state index is 13.4. The van der Waals surface area contributed by atoms with E-state index >= 15 is 0 Å². The second-order valence-electron chi connectivity index (χ2n) is 9.37. The van der Waals surface area contributed by atoms with Gasteiger partial charge < -0.3 is 15.7 Å². The summed E-state index contributed by atoms with van der Waals surface area (Å²) in [6.07, 6.45) is 4.90. The Hall–Kier alpha value is -3.69. The third kappa shape index (κ3) is 4.59. The number of carboxylic acid groups (broad SMARTS) is 1. The van der Waals surface area contributed by atoms with Gasteiger partial charge in [-0.3, -0.25) is 9.36 Å². The predicted molar refractivity (Wildman–Crippen MR) is 139 cm³/mol. The fourth-order valence-electron chi connectivity index (χ4n) is 4.88. The van der Waals surface area contributed by atoms with Crippen molar-refractivity contribution in [2.75, 3.05) is 18.0 Å². The van der Waals surface area contributed by atoms with Crippen molar-refractivity contribution in [3.63, 3.8) is 0 Å². The van der Waals surface area contributed by atoms with Gasteiger partial charge in [0.25, 0.3) is 0 Å². The molecule has 1 aliphatic heterocycles. The minimum absolute atomic E-state index is 0.0940. The van der Waals surface area contributed by atoms with Gasteiger partial charge in [-0.1, -0.05) is 30.7 Å². The van der Waals surface area contributed by atoms with Gasteiger partial charge in [0.15, 0.2) is 0 Å². The predicted octanol–water partition coefficient (Wildman–Crippen LogP) is 3.47. The van der Waals surface area contributed by atoms with E-state index in [1.54, 1.807) is 22.7 Å². The summed E-state index contributed by atoms with van der Waals surface area (Å²) in [5.74, 6) is 0.128. The third-order valence-corrected chi connectivity index (χ3v) is 7.18. The first kappa shape index (κ1) is 24.0. The summed E-state index contributed by atoms with van der Waals surface area (Å²) in [5.41, 5.74) is 8.32. The third-order valence-electron chi connectivity index (χ3n) is 6.93. The lowest BCUT2D eigenvalue weighted by Gasteiger charge is -2.21. The van der Waals surface area contributed by atoms with Crippen LogP contribution in [0.25, 0.3) is 22.6 Å². The first-order valence-corrected chi connectivity index (χ1v) is 12.2. The molecule has 0 spiro atoms. The highest BCUT2D eigenvalue weighted by atomic mass is 35.5. The first-order chi connectivity index (χ1) is 17.3. The van der Waals surface area contributed by atoms with Gasteiger partial charge in [0.05, 0.1) is 17.6 Å². The topological polar surface area (TPSA) is 119 Å². The summed E-state index contributed by atoms with van der Waals surface area (Å²) >= 11 is 6.02. The molecule has 4 heterocycles. The number of pyridine rings is 1. The molecule has 4 aromatic rings. The number of rotatable bonds is 7. The molecule has 1 aromatic carbocycles. The number of hydrogen-bond acceptors (Lipinski definition) is 6. The normalized spacial score (nSPS) is 17.4. The smallest absolute Gasteiger partial charge is 0.340 e. The highest BCUT2D eigenvalue weighted by Gasteiger charge is 2.28. The molecule has 2 unspecified atom stereocenters. The van der Waals surface area contributed by atoms with Crippen LogP contribution in [0.5, 0.6) is 0 Å². The van der Waals surface area contributed by atoms with Gasteiger partial charge in [-0.05, 0) is 66.6 Å². The number of benzene rings is 1. The van der Waals surface area contributed by atoms with Crippen molar-refractivity contribution in [2.45, 2.75) is 25.8 Å². The van der Waals surface area contributed by atoms with E-state index in [-0.39, 0.29) is 11.6 Å². The van der Waals surface area contributed by atoms with E-state index in [9.17, 15) is 9.59 Å². The Balaban J connectivity index is 1.35. The molecular formula is C26H27ClN6O3. The van der Waals surface area contributed by atoms with Crippen LogP contribution in [-0.2, 0) is 4.79 Å². The van der Waals surface area contributed by atoms with E-state index in [4.69, 9.17) is 22.4 Å². The van der Waals surface area contributed by atoms with Crippen LogP contribution < -0.4 is 16.3 Å². The molecule has 9 nitrogen and oxygen atoms in total. The molecule has 3 N–H and O–H groups in total. The zero-order valence-corrected chi connectivity index (χ0v) is 20.5. The molecule has 186 valence electrons. The van der Waals surface area contributed by atoms with Crippen LogP contribution in [-0.4, -0.2) is 49.1 Å². The summed E-state index contributed by atoms with van der Waals surface area (Å²) in [7, 11) is 0. The van der Waals surface area contributed by atoms with Gasteiger partial charge in [0.1, 0.15) is 23.8 Å². The Labute approximate surface area is 212 Å². The Morgan fingerprint density at radius 2 is 1.94 bits per heavy atom. The standard InChI is InChI=1S/C26H27ClN6O3/c1-16(24(28)25(34)35)12-17-10-11-31(14-17)22-8-6-20(13-29-22)32-15-30-23-9-7-21(33(23)26(32)36)18-2-4-19(27)5-3-18/h2-9,13,15-17,24H,10-12,14,28H2,1H3,(H,34,35)/t16?,17-,24?/m0/s1. The quantitative estimate of drug-likeness (QED) is 0.394. The summed E-state index contributed by atoms with van der Waals surface area (Å²) in [4.78, 5) is 35.8. The van der Waals surface area contributed by atoms with Gasteiger partial charge in [-0.25, -0.2) is 19.2 Å². The van der Waals surface area contributed by atoms with E-state index in [2.05, 4.69) is 14.9 Å². The fourth-order valence-corrected chi connectivity index (χ4v) is 5.01. The maximum Gasteiger partial charge on any atom is 0.340 e. The molecule has 5 rings (SSSR count). The van der Waals surface area contributed by atoms with Crippen molar-refractivity contribution in [1.82, 2.24) is 18.9 Å². The minimum Gasteiger partial charge on any atom is -0.480 e.